The van der Waals surface area contributed by atoms with E-state index in [2.05, 4.69) is 30.9 Å². The van der Waals surface area contributed by atoms with Crippen molar-refractivity contribution in [1.29, 1.82) is 0 Å². The number of hydrogen-bond acceptors (Lipinski definition) is 14. The van der Waals surface area contributed by atoms with Crippen LogP contribution in [0.5, 0.6) is 0 Å². The Hall–Kier alpha value is -2.34. The van der Waals surface area contributed by atoms with E-state index in [9.17, 15) is 35.1 Å². The fraction of sp³-hybridized carbons (Fsp3) is 0.759. The third-order valence-corrected chi connectivity index (χ3v) is 23.5. The summed E-state index contributed by atoms with van der Waals surface area (Å²) in [5.41, 5.74) is -4.82. The molecule has 428 valence electrons. The van der Waals surface area contributed by atoms with Crippen LogP contribution in [0.15, 0.2) is 60.7 Å². The molecular weight excluding hydrogens is 999 g/mol. The van der Waals surface area contributed by atoms with Crippen LogP contribution in [-0.4, -0.2) is 178 Å². The summed E-state index contributed by atoms with van der Waals surface area (Å²) in [5.74, 6) is -6.33. The summed E-state index contributed by atoms with van der Waals surface area (Å²) in [6, 6.07) is 19.5. The molecule has 17 heteroatoms. The van der Waals surface area contributed by atoms with Crippen molar-refractivity contribution >= 4 is 39.7 Å². The quantitative estimate of drug-likeness (QED) is 0.0610. The summed E-state index contributed by atoms with van der Waals surface area (Å²) >= 11 is 7.82. The number of cyclic esters (lactones) is 1. The summed E-state index contributed by atoms with van der Waals surface area (Å²) < 4.78 is 38.2. The minimum atomic E-state index is -2.99. The molecule has 2 aromatic carbocycles. The zero-order valence-corrected chi connectivity index (χ0v) is 49.3. The molecule has 3 aliphatic rings. The van der Waals surface area contributed by atoms with E-state index in [1.54, 1.807) is 53.4 Å². The normalized spacial score (nSPS) is 38.5. The number of unbranched alkanes of at least 4 members (excludes halogenated alkanes) is 4. The number of likely N-dealkylation sites (N-methyl/N-ethyl adjacent to an activating group) is 1. The van der Waals surface area contributed by atoms with Crippen LogP contribution in [-0.2, 0) is 38.0 Å². The first-order valence-corrected chi connectivity index (χ1v) is 31.5. The van der Waals surface area contributed by atoms with E-state index in [0.717, 1.165) is 42.5 Å². The number of rotatable bonds is 17. The van der Waals surface area contributed by atoms with Crippen LogP contribution in [0.3, 0.4) is 0 Å². The third kappa shape index (κ3) is 14.9. The molecule has 0 radical (unpaired) electrons. The van der Waals surface area contributed by atoms with Crippen molar-refractivity contribution in [2.24, 2.45) is 17.8 Å². The molecule has 0 saturated carbocycles. The predicted molar refractivity (Wildman–Crippen MR) is 297 cm³/mol. The average molecular weight is 1100 g/mol. The Kier molecular flexibility index (Phi) is 22.3. The molecule has 3 aliphatic heterocycles. The van der Waals surface area contributed by atoms with Gasteiger partial charge in [0, 0.05) is 25.5 Å². The summed E-state index contributed by atoms with van der Waals surface area (Å²) in [6.07, 6.45) is -4.43. The Morgan fingerprint density at radius 2 is 1.41 bits per heavy atom. The number of methoxy groups -OCH3 is 1. The maximum absolute atomic E-state index is 14.7. The molecule has 75 heavy (non-hydrogen) atoms. The number of halogens is 1. The van der Waals surface area contributed by atoms with E-state index in [4.69, 9.17) is 39.7 Å². The van der Waals surface area contributed by atoms with Gasteiger partial charge in [-0.25, -0.2) is 0 Å². The molecule has 5 N–H and O–H groups in total. The number of carbonyl (C=O) groups is 2. The topological polar surface area (TPSA) is 197 Å². The number of aliphatic hydroxyl groups is 5. The molecule has 15 nitrogen and oxygen atoms in total. The first-order valence-electron chi connectivity index (χ1n) is 27.7. The number of hydrogen-bond donors (Lipinski definition) is 5. The number of benzene rings is 2. The van der Waals surface area contributed by atoms with Gasteiger partial charge in [0.15, 0.2) is 12.6 Å². The number of esters is 1. The van der Waals surface area contributed by atoms with Gasteiger partial charge in [-0.1, -0.05) is 13.8 Å². The molecule has 3 saturated heterocycles. The molecule has 0 aromatic heterocycles. The van der Waals surface area contributed by atoms with Crippen LogP contribution >= 0.6 is 17.2 Å². The third-order valence-electron chi connectivity index (χ3n) is 17.2. The molecule has 3 heterocycles. The second kappa shape index (κ2) is 26.3. The first-order chi connectivity index (χ1) is 35.0. The Morgan fingerprint density at radius 1 is 0.840 bits per heavy atom. The molecule has 18 atom stereocenters. The van der Waals surface area contributed by atoms with Gasteiger partial charge in [-0.3, -0.25) is 4.79 Å². The van der Waals surface area contributed by atoms with E-state index < -0.39 is 108 Å². The minimum Gasteiger partial charge on any atom is -0.383 e. The standard InChI is InChI=1S/C58H96ClN2O13P/c1-15-46-58(10,68)51(64)41(6)61(47(62)31-25-17-16-18-26-32-75(14,59,43-27-21-19-22-28-43)44-29-23-20-24-30-44)36-37(2)34-56(8,67)53(74-55-49(63)45(60(11)12)33-38(3)70-55)39(4)50(40(5)54(66)72-46)73-48-35-57(9,69-13)52(65)42(7)71-48/h19-24,27-30,37-42,45-46,48-53,55,63-65,67-68H,15-18,25-26,31-36H2,1-14H3/t37-,38-,39+,40-,41-,42+,45+,46-,48+,49-,50+,51-,52+,53-,55+,56-,57-,58-/m1/s1. The monoisotopic (exact) mass is 1090 g/mol. The van der Waals surface area contributed by atoms with E-state index in [1.807, 2.05) is 69.2 Å². The summed E-state index contributed by atoms with van der Waals surface area (Å²) in [5, 5.41) is 62.7. The average Bonchev–Trinajstić information content (AvgIpc) is 3.36. The molecule has 2 aromatic rings. The van der Waals surface area contributed by atoms with Crippen LogP contribution in [0.25, 0.3) is 0 Å². The summed E-state index contributed by atoms with van der Waals surface area (Å²) in [7, 11) is 5.25. The van der Waals surface area contributed by atoms with Gasteiger partial charge in [-0.05, 0) is 68.5 Å². The number of carbonyl (C=O) groups excluding carboxylic acids is 2. The van der Waals surface area contributed by atoms with E-state index in [-0.39, 0.29) is 50.3 Å². The molecule has 3 fully saturated rings. The van der Waals surface area contributed by atoms with Gasteiger partial charge in [0.2, 0.25) is 0 Å². The Morgan fingerprint density at radius 3 is 1.97 bits per heavy atom. The smallest absolute Gasteiger partial charge is 0.383 e. The van der Waals surface area contributed by atoms with Crippen molar-refractivity contribution in [2.45, 2.75) is 224 Å². The molecule has 1 amide bonds. The van der Waals surface area contributed by atoms with Crippen LogP contribution in [0.4, 0.5) is 0 Å². The van der Waals surface area contributed by atoms with Crippen LogP contribution < -0.4 is 10.6 Å². The van der Waals surface area contributed by atoms with Crippen molar-refractivity contribution in [1.82, 2.24) is 9.80 Å². The van der Waals surface area contributed by atoms with Crippen molar-refractivity contribution < 1.29 is 63.5 Å². The number of ether oxygens (including phenoxy) is 6. The van der Waals surface area contributed by atoms with Crippen molar-refractivity contribution in [3.8, 4) is 0 Å². The van der Waals surface area contributed by atoms with Gasteiger partial charge in [0.05, 0.1) is 41.5 Å². The fourth-order valence-electron chi connectivity index (χ4n) is 12.3. The maximum atomic E-state index is 14.7. The van der Waals surface area contributed by atoms with Crippen molar-refractivity contribution in [3.05, 3.63) is 60.7 Å². The predicted octanol–water partition coefficient (Wildman–Crippen LogP) is 7.13. The van der Waals surface area contributed by atoms with Gasteiger partial charge in [-0.15, -0.1) is 0 Å². The van der Waals surface area contributed by atoms with Crippen molar-refractivity contribution in [2.75, 3.05) is 40.6 Å². The van der Waals surface area contributed by atoms with Crippen LogP contribution in [0.1, 0.15) is 133 Å². The van der Waals surface area contributed by atoms with Gasteiger partial charge in [0.25, 0.3) is 0 Å². The van der Waals surface area contributed by atoms with Crippen LogP contribution in [0.2, 0.25) is 0 Å². The second-order valence-corrected chi connectivity index (χ2v) is 31.4. The summed E-state index contributed by atoms with van der Waals surface area (Å²) in [4.78, 5) is 32.8. The zero-order valence-electron chi connectivity index (χ0n) is 47.6. The van der Waals surface area contributed by atoms with E-state index in [0.29, 0.717) is 12.8 Å². The minimum absolute atomic E-state index is 0.0591. The summed E-state index contributed by atoms with van der Waals surface area (Å²) in [6.45, 7) is 19.5. The van der Waals surface area contributed by atoms with Gasteiger partial charge in [-0.2, -0.15) is 0 Å². The van der Waals surface area contributed by atoms with Gasteiger partial charge in [0.1, 0.15) is 18.3 Å². The van der Waals surface area contributed by atoms with Crippen molar-refractivity contribution in [3.63, 3.8) is 0 Å². The van der Waals surface area contributed by atoms with Crippen LogP contribution in [0, 0.1) is 17.8 Å². The van der Waals surface area contributed by atoms with Gasteiger partial charge >= 0.3 is 217 Å². The van der Waals surface area contributed by atoms with Gasteiger partial charge < -0.3 is 53.7 Å². The fourth-order valence-corrected chi connectivity index (χ4v) is 17.0. The first kappa shape index (κ1) is 63.5. The Balaban J connectivity index is 1.43. The number of nitrogens with zero attached hydrogens (tertiary/aromatic N) is 2. The molecule has 0 unspecified atom stereocenters. The zero-order chi connectivity index (χ0) is 55.9. The molecule has 0 spiro atoms. The molecule has 0 bridgehead atoms. The van der Waals surface area contributed by atoms with E-state index in [1.165, 1.54) is 14.0 Å². The SMILES string of the molecule is CC[C@H]1OC(=O)[C@H](C)[C@@H](O[C@H]2C[C@@](C)(OC)[C@@H](O)[C@H](C)O2)[C@H](C)[C@@H](O[C@@H]2O[C@H](C)C[C@H](N(C)C)[C@H]2O)[C@](C)(O)C[C@@H](C)CN(C(=O)CCCCCCCP(C)(Cl)(c2ccccc2)c2ccccc2)[C@H](C)[C@@H](O)[C@]1(C)O. The molecule has 5 rings (SSSR count). The Labute approximate surface area is 454 Å². The van der Waals surface area contributed by atoms with E-state index >= 15 is 0 Å². The number of amides is 1. The molecule has 0 aliphatic carbocycles. The second-order valence-electron chi connectivity index (χ2n) is 23.8. The Bertz CT molecular complexity index is 2060. The molecular formula is C58H96ClN2O13P. The number of aliphatic hydroxyl groups excluding tert-OH is 3.